The highest BCUT2D eigenvalue weighted by Gasteiger charge is 2.03. The molecule has 94 valence electrons. The summed E-state index contributed by atoms with van der Waals surface area (Å²) in [7, 11) is 0. The van der Waals surface area contributed by atoms with Crippen LogP contribution in [0.25, 0.3) is 11.1 Å². The number of aromatic nitrogens is 1. The lowest BCUT2D eigenvalue weighted by molar-refractivity contribution is 0.687. The minimum absolute atomic E-state index is 0.516. The lowest BCUT2D eigenvalue weighted by atomic mass is 10.1. The summed E-state index contributed by atoms with van der Waals surface area (Å²) in [5, 5.41) is 3.82. The van der Waals surface area contributed by atoms with E-state index >= 15 is 0 Å². The minimum atomic E-state index is 0.516. The maximum atomic E-state index is 6.06. The number of benzene rings is 1. The Bertz CT molecular complexity index is 509. The van der Waals surface area contributed by atoms with Crippen molar-refractivity contribution in [3.05, 3.63) is 47.6 Å². The van der Waals surface area contributed by atoms with Crippen LogP contribution >= 0.6 is 11.6 Å². The van der Waals surface area contributed by atoms with Crippen LogP contribution in [0.1, 0.15) is 13.8 Å². The summed E-state index contributed by atoms with van der Waals surface area (Å²) in [5.41, 5.74) is 2.23. The molecule has 0 saturated heterocycles. The summed E-state index contributed by atoms with van der Waals surface area (Å²) in [4.78, 5) is 4.29. The van der Waals surface area contributed by atoms with Crippen LogP contribution in [-0.4, -0.2) is 11.5 Å². The van der Waals surface area contributed by atoms with Crippen molar-refractivity contribution in [3.8, 4) is 11.1 Å². The van der Waals surface area contributed by atoms with E-state index in [1.165, 1.54) is 0 Å². The molecule has 0 unspecified atom stereocenters. The number of halogens is 1. The fraction of sp³-hybridized carbons (Fsp3) is 0.267. The van der Waals surface area contributed by atoms with Crippen molar-refractivity contribution in [2.24, 2.45) is 5.92 Å². The van der Waals surface area contributed by atoms with Crippen LogP contribution in [0.4, 0.5) is 5.82 Å². The van der Waals surface area contributed by atoms with Gasteiger partial charge in [0.05, 0.1) is 0 Å². The molecule has 0 aliphatic rings. The van der Waals surface area contributed by atoms with Gasteiger partial charge in [0.2, 0.25) is 0 Å². The molecule has 1 aromatic heterocycles. The third kappa shape index (κ3) is 3.47. The number of pyridine rings is 1. The molecule has 0 aliphatic heterocycles. The first-order valence-corrected chi connectivity index (χ1v) is 6.50. The van der Waals surface area contributed by atoms with Crippen molar-refractivity contribution in [1.29, 1.82) is 0 Å². The van der Waals surface area contributed by atoms with E-state index in [1.807, 2.05) is 30.3 Å². The van der Waals surface area contributed by atoms with Crippen LogP contribution in [0.15, 0.2) is 42.5 Å². The number of rotatable bonds is 4. The van der Waals surface area contributed by atoms with E-state index < -0.39 is 0 Å². The van der Waals surface area contributed by atoms with Gasteiger partial charge in [-0.2, -0.15) is 0 Å². The number of hydrogen-bond donors (Lipinski definition) is 1. The molecule has 2 nitrogen and oxygen atoms in total. The fourth-order valence-electron chi connectivity index (χ4n) is 1.69. The Hall–Kier alpha value is -1.54. The average molecular weight is 261 g/mol. The smallest absolute Gasteiger partial charge is 0.132 e. The van der Waals surface area contributed by atoms with Crippen LogP contribution in [0.3, 0.4) is 0 Å². The number of nitrogens with one attached hydrogen (secondary N) is 1. The molecule has 0 atom stereocenters. The molecule has 0 fully saturated rings. The zero-order valence-electron chi connectivity index (χ0n) is 10.7. The standard InChI is InChI=1S/C15H17ClN2/c1-11(2)10-17-15-9-13(8-14(16)18-15)12-6-4-3-5-7-12/h3-9,11H,10H2,1-2H3,(H,17,18). The Balaban J connectivity index is 2.27. The zero-order valence-corrected chi connectivity index (χ0v) is 11.4. The summed E-state index contributed by atoms with van der Waals surface area (Å²) in [5.74, 6) is 1.40. The Labute approximate surface area is 113 Å². The van der Waals surface area contributed by atoms with Crippen molar-refractivity contribution in [2.75, 3.05) is 11.9 Å². The highest BCUT2D eigenvalue weighted by molar-refractivity contribution is 6.29. The van der Waals surface area contributed by atoms with Gasteiger partial charge in [-0.25, -0.2) is 4.98 Å². The van der Waals surface area contributed by atoms with Gasteiger partial charge in [-0.05, 0) is 29.2 Å². The largest absolute Gasteiger partial charge is 0.370 e. The first-order valence-electron chi connectivity index (χ1n) is 6.12. The lowest BCUT2D eigenvalue weighted by Crippen LogP contribution is -2.09. The number of hydrogen-bond acceptors (Lipinski definition) is 2. The van der Waals surface area contributed by atoms with Crippen molar-refractivity contribution in [2.45, 2.75) is 13.8 Å². The van der Waals surface area contributed by atoms with Gasteiger partial charge in [0.15, 0.2) is 0 Å². The van der Waals surface area contributed by atoms with Crippen molar-refractivity contribution < 1.29 is 0 Å². The number of anilines is 1. The first-order chi connectivity index (χ1) is 8.65. The Kier molecular flexibility index (Phi) is 4.21. The molecule has 0 amide bonds. The van der Waals surface area contributed by atoms with Gasteiger partial charge in [-0.3, -0.25) is 0 Å². The van der Waals surface area contributed by atoms with E-state index in [4.69, 9.17) is 11.6 Å². The van der Waals surface area contributed by atoms with Gasteiger partial charge in [0.25, 0.3) is 0 Å². The van der Waals surface area contributed by atoms with Gasteiger partial charge in [0.1, 0.15) is 11.0 Å². The second-order valence-corrected chi connectivity index (χ2v) is 5.09. The van der Waals surface area contributed by atoms with Crippen LogP contribution < -0.4 is 5.32 Å². The molecular formula is C15H17ClN2. The van der Waals surface area contributed by atoms with E-state index in [-0.39, 0.29) is 0 Å². The van der Waals surface area contributed by atoms with Crippen LogP contribution in [0.2, 0.25) is 5.15 Å². The molecule has 3 heteroatoms. The van der Waals surface area contributed by atoms with E-state index in [2.05, 4.69) is 36.3 Å². The minimum Gasteiger partial charge on any atom is -0.370 e. The Morgan fingerprint density at radius 2 is 1.83 bits per heavy atom. The second-order valence-electron chi connectivity index (χ2n) is 4.70. The molecule has 0 saturated carbocycles. The molecule has 1 heterocycles. The predicted molar refractivity (Wildman–Crippen MR) is 78.0 cm³/mol. The van der Waals surface area contributed by atoms with Gasteiger partial charge >= 0.3 is 0 Å². The average Bonchev–Trinajstić information content (AvgIpc) is 2.37. The van der Waals surface area contributed by atoms with Gasteiger partial charge in [0, 0.05) is 6.54 Å². The SMILES string of the molecule is CC(C)CNc1cc(-c2ccccc2)cc(Cl)n1. The third-order valence-electron chi connectivity index (χ3n) is 2.59. The second kappa shape index (κ2) is 5.87. The highest BCUT2D eigenvalue weighted by atomic mass is 35.5. The molecule has 0 spiro atoms. The topological polar surface area (TPSA) is 24.9 Å². The molecule has 0 aliphatic carbocycles. The number of nitrogens with zero attached hydrogens (tertiary/aromatic N) is 1. The van der Waals surface area contributed by atoms with Crippen molar-refractivity contribution in [3.63, 3.8) is 0 Å². The lowest BCUT2D eigenvalue weighted by Gasteiger charge is -2.10. The Morgan fingerprint density at radius 3 is 2.50 bits per heavy atom. The van der Waals surface area contributed by atoms with Crippen molar-refractivity contribution in [1.82, 2.24) is 4.98 Å². The quantitative estimate of drug-likeness (QED) is 0.821. The van der Waals surface area contributed by atoms with Crippen LogP contribution in [0.5, 0.6) is 0 Å². The van der Waals surface area contributed by atoms with Gasteiger partial charge in [-0.15, -0.1) is 0 Å². The van der Waals surface area contributed by atoms with Crippen molar-refractivity contribution >= 4 is 17.4 Å². The van der Waals surface area contributed by atoms with E-state index in [0.29, 0.717) is 11.1 Å². The summed E-state index contributed by atoms with van der Waals surface area (Å²) in [6, 6.07) is 14.1. The Morgan fingerprint density at radius 1 is 1.11 bits per heavy atom. The molecule has 2 rings (SSSR count). The zero-order chi connectivity index (χ0) is 13.0. The summed E-state index contributed by atoms with van der Waals surface area (Å²) < 4.78 is 0. The van der Waals surface area contributed by atoms with E-state index in [9.17, 15) is 0 Å². The fourth-order valence-corrected chi connectivity index (χ4v) is 1.90. The molecule has 0 bridgehead atoms. The third-order valence-corrected chi connectivity index (χ3v) is 2.79. The maximum absolute atomic E-state index is 6.06. The first kappa shape index (κ1) is 12.9. The van der Waals surface area contributed by atoms with E-state index in [1.54, 1.807) is 0 Å². The highest BCUT2D eigenvalue weighted by Crippen LogP contribution is 2.24. The maximum Gasteiger partial charge on any atom is 0.132 e. The van der Waals surface area contributed by atoms with Gasteiger partial charge in [-0.1, -0.05) is 55.8 Å². The van der Waals surface area contributed by atoms with Gasteiger partial charge < -0.3 is 5.32 Å². The summed E-state index contributed by atoms with van der Waals surface area (Å²) >= 11 is 6.06. The molecule has 1 N–H and O–H groups in total. The molecule has 0 radical (unpaired) electrons. The predicted octanol–water partition coefficient (Wildman–Crippen LogP) is 4.47. The molecule has 2 aromatic rings. The molecular weight excluding hydrogens is 244 g/mol. The van der Waals surface area contributed by atoms with Crippen LogP contribution in [-0.2, 0) is 0 Å². The summed E-state index contributed by atoms with van der Waals surface area (Å²) in [6.07, 6.45) is 0. The van der Waals surface area contributed by atoms with Crippen LogP contribution in [0, 0.1) is 5.92 Å². The molecule has 1 aromatic carbocycles. The normalized spacial score (nSPS) is 10.7. The molecule has 18 heavy (non-hydrogen) atoms. The summed E-state index contributed by atoms with van der Waals surface area (Å²) in [6.45, 7) is 5.22. The monoisotopic (exact) mass is 260 g/mol. The van der Waals surface area contributed by atoms with E-state index in [0.717, 1.165) is 23.5 Å².